The second-order valence-electron chi connectivity index (χ2n) is 4.94. The van der Waals surface area contributed by atoms with Crippen molar-refractivity contribution in [2.24, 2.45) is 17.1 Å². The van der Waals surface area contributed by atoms with E-state index in [4.69, 9.17) is 5.73 Å². The minimum Gasteiger partial charge on any atom is -0.327 e. The maximum Gasteiger partial charge on any atom is 0.00643 e. The van der Waals surface area contributed by atoms with Gasteiger partial charge >= 0.3 is 0 Å². The largest absolute Gasteiger partial charge is 0.327 e. The molecule has 1 rings (SSSR count). The van der Waals surface area contributed by atoms with Crippen LogP contribution in [0.4, 0.5) is 0 Å². The molecule has 0 radical (unpaired) electrons. The van der Waals surface area contributed by atoms with Crippen molar-refractivity contribution in [1.82, 2.24) is 0 Å². The van der Waals surface area contributed by atoms with Gasteiger partial charge < -0.3 is 5.73 Å². The van der Waals surface area contributed by atoms with Crippen molar-refractivity contribution in [3.63, 3.8) is 0 Å². The first kappa shape index (κ1) is 10.0. The fourth-order valence-electron chi connectivity index (χ4n) is 2.22. The van der Waals surface area contributed by atoms with Crippen LogP contribution in [0, 0.1) is 11.3 Å². The quantitative estimate of drug-likeness (QED) is 0.675. The molecule has 1 aliphatic rings. The molecule has 0 saturated heterocycles. The molecule has 1 saturated carbocycles. The molecule has 12 heavy (non-hydrogen) atoms. The van der Waals surface area contributed by atoms with Crippen molar-refractivity contribution in [2.45, 2.75) is 58.9 Å². The highest BCUT2D eigenvalue weighted by Gasteiger charge is 2.33. The molecule has 0 aromatic heterocycles. The van der Waals surface area contributed by atoms with E-state index in [0.29, 0.717) is 11.5 Å². The summed E-state index contributed by atoms with van der Waals surface area (Å²) in [6.45, 7) is 6.80. The van der Waals surface area contributed by atoms with Gasteiger partial charge in [0, 0.05) is 6.04 Å². The lowest BCUT2D eigenvalue weighted by Gasteiger charge is -2.40. The zero-order valence-corrected chi connectivity index (χ0v) is 8.77. The third-order valence-corrected chi connectivity index (χ3v) is 3.83. The summed E-state index contributed by atoms with van der Waals surface area (Å²) in [5.41, 5.74) is 6.35. The van der Waals surface area contributed by atoms with Crippen LogP contribution in [0.3, 0.4) is 0 Å². The standard InChI is InChI=1S/C11H23N/c1-9(12)11(2,3)10-7-5-4-6-8-10/h9-10H,4-8,12H2,1-3H3. The van der Waals surface area contributed by atoms with Crippen LogP contribution in [-0.2, 0) is 0 Å². The summed E-state index contributed by atoms with van der Waals surface area (Å²) in [4.78, 5) is 0. The predicted octanol–water partition coefficient (Wildman–Crippen LogP) is 2.94. The van der Waals surface area contributed by atoms with Crippen molar-refractivity contribution < 1.29 is 0 Å². The lowest BCUT2D eigenvalue weighted by molar-refractivity contribution is 0.131. The van der Waals surface area contributed by atoms with Gasteiger partial charge in [0.25, 0.3) is 0 Å². The normalized spacial score (nSPS) is 24.0. The number of hydrogen-bond donors (Lipinski definition) is 1. The molecule has 1 nitrogen and oxygen atoms in total. The van der Waals surface area contributed by atoms with Gasteiger partial charge in [0.15, 0.2) is 0 Å². The third kappa shape index (κ3) is 2.01. The van der Waals surface area contributed by atoms with Gasteiger partial charge in [-0.05, 0) is 31.1 Å². The molecule has 0 aromatic rings. The Morgan fingerprint density at radius 2 is 1.67 bits per heavy atom. The van der Waals surface area contributed by atoms with Crippen molar-refractivity contribution in [3.8, 4) is 0 Å². The van der Waals surface area contributed by atoms with Gasteiger partial charge in [-0.3, -0.25) is 0 Å². The van der Waals surface area contributed by atoms with Crippen LogP contribution in [0.15, 0.2) is 0 Å². The van der Waals surface area contributed by atoms with E-state index < -0.39 is 0 Å². The second-order valence-corrected chi connectivity index (χ2v) is 4.94. The molecule has 1 aliphatic carbocycles. The molecule has 0 spiro atoms. The van der Waals surface area contributed by atoms with Crippen LogP contribution in [0.2, 0.25) is 0 Å². The Morgan fingerprint density at radius 1 is 1.17 bits per heavy atom. The van der Waals surface area contributed by atoms with Gasteiger partial charge in [0.1, 0.15) is 0 Å². The van der Waals surface area contributed by atoms with E-state index in [1.165, 1.54) is 32.1 Å². The fourth-order valence-corrected chi connectivity index (χ4v) is 2.22. The molecule has 0 aliphatic heterocycles. The maximum absolute atomic E-state index is 6.00. The topological polar surface area (TPSA) is 26.0 Å². The van der Waals surface area contributed by atoms with Crippen molar-refractivity contribution >= 4 is 0 Å². The highest BCUT2D eigenvalue weighted by Crippen LogP contribution is 2.39. The van der Waals surface area contributed by atoms with E-state index in [0.717, 1.165) is 5.92 Å². The van der Waals surface area contributed by atoms with Gasteiger partial charge in [0.05, 0.1) is 0 Å². The van der Waals surface area contributed by atoms with Crippen LogP contribution < -0.4 is 5.73 Å². The van der Waals surface area contributed by atoms with Crippen LogP contribution in [-0.4, -0.2) is 6.04 Å². The van der Waals surface area contributed by atoms with Crippen molar-refractivity contribution in [3.05, 3.63) is 0 Å². The summed E-state index contributed by atoms with van der Waals surface area (Å²) >= 11 is 0. The zero-order valence-electron chi connectivity index (χ0n) is 8.77. The summed E-state index contributed by atoms with van der Waals surface area (Å²) in [5.74, 6) is 0.867. The lowest BCUT2D eigenvalue weighted by Crippen LogP contribution is -2.41. The van der Waals surface area contributed by atoms with Gasteiger partial charge in [-0.2, -0.15) is 0 Å². The second kappa shape index (κ2) is 3.78. The Labute approximate surface area is 76.7 Å². The summed E-state index contributed by atoms with van der Waals surface area (Å²) in [6, 6.07) is 0.334. The van der Waals surface area contributed by atoms with E-state index in [1.54, 1.807) is 0 Å². The molecule has 2 N–H and O–H groups in total. The predicted molar refractivity (Wildman–Crippen MR) is 54.0 cm³/mol. The van der Waals surface area contributed by atoms with Crippen LogP contribution in [0.25, 0.3) is 0 Å². The van der Waals surface area contributed by atoms with Gasteiger partial charge in [-0.25, -0.2) is 0 Å². The molecular weight excluding hydrogens is 146 g/mol. The molecule has 1 heteroatoms. The molecule has 1 unspecified atom stereocenters. The number of hydrogen-bond acceptors (Lipinski definition) is 1. The third-order valence-electron chi connectivity index (χ3n) is 3.83. The Morgan fingerprint density at radius 3 is 2.08 bits per heavy atom. The maximum atomic E-state index is 6.00. The number of nitrogens with two attached hydrogens (primary N) is 1. The molecule has 1 fully saturated rings. The van der Waals surface area contributed by atoms with Crippen molar-refractivity contribution in [1.29, 1.82) is 0 Å². The van der Waals surface area contributed by atoms with Crippen LogP contribution >= 0.6 is 0 Å². The monoisotopic (exact) mass is 169 g/mol. The Hall–Kier alpha value is -0.0400. The lowest BCUT2D eigenvalue weighted by atomic mass is 9.68. The van der Waals surface area contributed by atoms with Crippen LogP contribution in [0.1, 0.15) is 52.9 Å². The average Bonchev–Trinajstić information content (AvgIpc) is 2.06. The molecule has 72 valence electrons. The van der Waals surface area contributed by atoms with Gasteiger partial charge in [-0.1, -0.05) is 33.1 Å². The molecule has 0 aromatic carbocycles. The molecule has 1 atom stereocenters. The summed E-state index contributed by atoms with van der Waals surface area (Å²) in [7, 11) is 0. The zero-order chi connectivity index (χ0) is 9.19. The van der Waals surface area contributed by atoms with E-state index in [1.807, 2.05) is 0 Å². The van der Waals surface area contributed by atoms with Crippen molar-refractivity contribution in [2.75, 3.05) is 0 Å². The first-order valence-corrected chi connectivity index (χ1v) is 5.30. The molecular formula is C11H23N. The van der Waals surface area contributed by atoms with E-state index in [2.05, 4.69) is 20.8 Å². The minimum atomic E-state index is 0.334. The first-order valence-electron chi connectivity index (χ1n) is 5.30. The Balaban J connectivity index is 2.53. The highest BCUT2D eigenvalue weighted by atomic mass is 14.7. The summed E-state index contributed by atoms with van der Waals surface area (Å²) in [6.07, 6.45) is 7.07. The number of rotatable bonds is 2. The van der Waals surface area contributed by atoms with Gasteiger partial charge in [0.2, 0.25) is 0 Å². The Bertz CT molecular complexity index is 132. The molecule has 0 heterocycles. The van der Waals surface area contributed by atoms with E-state index in [-0.39, 0.29) is 0 Å². The molecule has 0 amide bonds. The highest BCUT2D eigenvalue weighted by molar-refractivity contribution is 4.86. The average molecular weight is 169 g/mol. The first-order chi connectivity index (χ1) is 5.55. The summed E-state index contributed by atoms with van der Waals surface area (Å²) < 4.78 is 0. The molecule has 0 bridgehead atoms. The smallest absolute Gasteiger partial charge is 0.00643 e. The summed E-state index contributed by atoms with van der Waals surface area (Å²) in [5, 5.41) is 0. The Kier molecular flexibility index (Phi) is 3.16. The van der Waals surface area contributed by atoms with E-state index >= 15 is 0 Å². The minimum absolute atomic E-state index is 0.334. The SMILES string of the molecule is CC(N)C(C)(C)C1CCCCC1. The van der Waals surface area contributed by atoms with E-state index in [9.17, 15) is 0 Å². The van der Waals surface area contributed by atoms with Gasteiger partial charge in [-0.15, -0.1) is 0 Å². The van der Waals surface area contributed by atoms with Crippen LogP contribution in [0.5, 0.6) is 0 Å². The fraction of sp³-hybridized carbons (Fsp3) is 1.00.